The van der Waals surface area contributed by atoms with Gasteiger partial charge in [0, 0.05) is 26.2 Å². The van der Waals surface area contributed by atoms with Gasteiger partial charge < -0.3 is 15.6 Å². The van der Waals surface area contributed by atoms with E-state index >= 15 is 0 Å². The summed E-state index contributed by atoms with van der Waals surface area (Å²) in [6.45, 7) is 8.92. The van der Waals surface area contributed by atoms with E-state index in [4.69, 9.17) is 10.7 Å². The molecule has 0 saturated carbocycles. The summed E-state index contributed by atoms with van der Waals surface area (Å²) in [4.78, 5) is 7.35. The Hall–Kier alpha value is -1.43. The van der Waals surface area contributed by atoms with Gasteiger partial charge in [-0.25, -0.2) is 4.98 Å². The van der Waals surface area contributed by atoms with E-state index in [0.29, 0.717) is 6.54 Å². The van der Waals surface area contributed by atoms with Gasteiger partial charge in [0.15, 0.2) is 0 Å². The normalized spacial score (nSPS) is 17.2. The Morgan fingerprint density at radius 2 is 2.19 bits per heavy atom. The molecule has 5 heteroatoms. The molecule has 3 rings (SSSR count). The van der Waals surface area contributed by atoms with E-state index in [-0.39, 0.29) is 0 Å². The number of nitrogens with zero attached hydrogens (tertiary/aromatic N) is 3. The molecule has 1 saturated heterocycles. The van der Waals surface area contributed by atoms with Crippen molar-refractivity contribution < 1.29 is 0 Å². The van der Waals surface area contributed by atoms with Gasteiger partial charge in [-0.2, -0.15) is 0 Å². The molecule has 0 amide bonds. The number of benzene rings is 1. The summed E-state index contributed by atoms with van der Waals surface area (Å²) >= 11 is 0. The number of rotatable bonds is 4. The molecule has 1 aromatic heterocycles. The van der Waals surface area contributed by atoms with E-state index in [1.54, 1.807) is 0 Å². The third kappa shape index (κ3) is 3.26. The molecular formula is C16H25N5. The average Bonchev–Trinajstić information content (AvgIpc) is 2.65. The Labute approximate surface area is 126 Å². The minimum atomic E-state index is 0.647. The summed E-state index contributed by atoms with van der Waals surface area (Å²) in [6.07, 6.45) is 1.20. The zero-order valence-corrected chi connectivity index (χ0v) is 12.8. The molecule has 5 nitrogen and oxygen atoms in total. The number of aromatic nitrogens is 2. The molecule has 0 radical (unpaired) electrons. The maximum atomic E-state index is 5.80. The molecule has 0 aliphatic carbocycles. The Morgan fingerprint density at radius 3 is 3.05 bits per heavy atom. The second-order valence-corrected chi connectivity index (χ2v) is 5.84. The number of nitrogens with two attached hydrogens (primary N) is 1. The van der Waals surface area contributed by atoms with Crippen molar-refractivity contribution in [2.75, 3.05) is 32.7 Å². The van der Waals surface area contributed by atoms with E-state index in [1.165, 1.54) is 17.5 Å². The van der Waals surface area contributed by atoms with Crippen LogP contribution in [0.2, 0.25) is 0 Å². The molecule has 0 atom stereocenters. The second-order valence-electron chi connectivity index (χ2n) is 5.84. The molecule has 1 aromatic carbocycles. The number of hydrogen-bond donors (Lipinski definition) is 2. The van der Waals surface area contributed by atoms with Crippen LogP contribution in [0.25, 0.3) is 11.0 Å². The van der Waals surface area contributed by atoms with Crippen LogP contribution in [0.1, 0.15) is 17.8 Å². The highest BCUT2D eigenvalue weighted by atomic mass is 15.2. The van der Waals surface area contributed by atoms with Gasteiger partial charge in [0.1, 0.15) is 5.82 Å². The van der Waals surface area contributed by atoms with E-state index < -0.39 is 0 Å². The van der Waals surface area contributed by atoms with Crippen LogP contribution in [0.5, 0.6) is 0 Å². The molecule has 0 unspecified atom stereocenters. The van der Waals surface area contributed by atoms with Crippen LogP contribution in [0.4, 0.5) is 0 Å². The number of fused-ring (bicyclic) bond motifs is 1. The monoisotopic (exact) mass is 287 g/mol. The molecule has 0 spiro atoms. The number of imidazole rings is 1. The van der Waals surface area contributed by atoms with Crippen molar-refractivity contribution in [2.45, 2.75) is 26.4 Å². The van der Waals surface area contributed by atoms with Crippen molar-refractivity contribution >= 4 is 11.0 Å². The lowest BCUT2D eigenvalue weighted by molar-refractivity contribution is 0.273. The smallest absolute Gasteiger partial charge is 0.124 e. The standard InChI is InChI=1S/C16H25N5/c1-13-3-4-15-14(11-13)19-16(21(15)9-5-17)12-20-8-2-6-18-7-10-20/h3-4,11,18H,2,5-10,12,17H2,1H3. The summed E-state index contributed by atoms with van der Waals surface area (Å²) in [5, 5.41) is 3.45. The van der Waals surface area contributed by atoms with Crippen LogP contribution < -0.4 is 11.1 Å². The van der Waals surface area contributed by atoms with Crippen LogP contribution in [-0.2, 0) is 13.1 Å². The van der Waals surface area contributed by atoms with Crippen molar-refractivity contribution in [2.24, 2.45) is 5.73 Å². The Balaban J connectivity index is 1.90. The first-order valence-electron chi connectivity index (χ1n) is 7.87. The predicted molar refractivity (Wildman–Crippen MR) is 86.3 cm³/mol. The molecule has 2 aromatic rings. The molecule has 1 aliphatic heterocycles. The van der Waals surface area contributed by atoms with Gasteiger partial charge in [0.2, 0.25) is 0 Å². The maximum Gasteiger partial charge on any atom is 0.124 e. The SMILES string of the molecule is Cc1ccc2c(c1)nc(CN1CCCNCC1)n2CCN. The van der Waals surface area contributed by atoms with Crippen molar-refractivity contribution in [3.05, 3.63) is 29.6 Å². The van der Waals surface area contributed by atoms with Crippen LogP contribution >= 0.6 is 0 Å². The third-order valence-electron chi connectivity index (χ3n) is 4.13. The lowest BCUT2D eigenvalue weighted by Gasteiger charge is -2.19. The minimum absolute atomic E-state index is 0.647. The quantitative estimate of drug-likeness (QED) is 0.884. The lowest BCUT2D eigenvalue weighted by Crippen LogP contribution is -2.29. The molecule has 3 N–H and O–H groups in total. The van der Waals surface area contributed by atoms with Crippen molar-refractivity contribution in [1.82, 2.24) is 19.8 Å². The van der Waals surface area contributed by atoms with Crippen LogP contribution in [0.15, 0.2) is 18.2 Å². The average molecular weight is 287 g/mol. The van der Waals surface area contributed by atoms with Gasteiger partial charge in [-0.1, -0.05) is 6.07 Å². The van der Waals surface area contributed by atoms with E-state index in [1.807, 2.05) is 0 Å². The van der Waals surface area contributed by atoms with Gasteiger partial charge in [0.25, 0.3) is 0 Å². The summed E-state index contributed by atoms with van der Waals surface area (Å²) in [7, 11) is 0. The fraction of sp³-hybridized carbons (Fsp3) is 0.562. The fourth-order valence-electron chi connectivity index (χ4n) is 3.05. The molecule has 0 bridgehead atoms. The van der Waals surface area contributed by atoms with E-state index in [0.717, 1.165) is 50.6 Å². The van der Waals surface area contributed by atoms with Gasteiger partial charge >= 0.3 is 0 Å². The maximum absolute atomic E-state index is 5.80. The largest absolute Gasteiger partial charge is 0.329 e. The first-order chi connectivity index (χ1) is 10.3. The van der Waals surface area contributed by atoms with E-state index in [2.05, 4.69) is 39.9 Å². The van der Waals surface area contributed by atoms with Crippen LogP contribution in [-0.4, -0.2) is 47.2 Å². The number of nitrogens with one attached hydrogen (secondary N) is 1. The van der Waals surface area contributed by atoms with Crippen LogP contribution in [0.3, 0.4) is 0 Å². The summed E-state index contributed by atoms with van der Waals surface area (Å²) in [5.74, 6) is 1.14. The predicted octanol–water partition coefficient (Wildman–Crippen LogP) is 1.10. The topological polar surface area (TPSA) is 59.1 Å². The van der Waals surface area contributed by atoms with Crippen molar-refractivity contribution in [3.63, 3.8) is 0 Å². The first-order valence-corrected chi connectivity index (χ1v) is 7.87. The Kier molecular flexibility index (Phi) is 4.53. The minimum Gasteiger partial charge on any atom is -0.329 e. The van der Waals surface area contributed by atoms with Crippen molar-refractivity contribution in [1.29, 1.82) is 0 Å². The fourth-order valence-corrected chi connectivity index (χ4v) is 3.05. The summed E-state index contributed by atoms with van der Waals surface area (Å²) in [5.41, 5.74) is 9.34. The van der Waals surface area contributed by atoms with Gasteiger partial charge in [-0.3, -0.25) is 4.90 Å². The molecular weight excluding hydrogens is 262 g/mol. The van der Waals surface area contributed by atoms with Crippen molar-refractivity contribution in [3.8, 4) is 0 Å². The van der Waals surface area contributed by atoms with Gasteiger partial charge in [-0.15, -0.1) is 0 Å². The van der Waals surface area contributed by atoms with E-state index in [9.17, 15) is 0 Å². The highest BCUT2D eigenvalue weighted by molar-refractivity contribution is 5.76. The zero-order chi connectivity index (χ0) is 14.7. The number of hydrogen-bond acceptors (Lipinski definition) is 4. The molecule has 114 valence electrons. The molecule has 2 heterocycles. The highest BCUT2D eigenvalue weighted by Gasteiger charge is 2.15. The lowest BCUT2D eigenvalue weighted by atomic mass is 10.2. The van der Waals surface area contributed by atoms with Gasteiger partial charge in [0.05, 0.1) is 17.6 Å². The number of aryl methyl sites for hydroxylation is 1. The molecule has 1 fully saturated rings. The van der Waals surface area contributed by atoms with Crippen LogP contribution in [0, 0.1) is 6.92 Å². The Morgan fingerprint density at radius 1 is 1.29 bits per heavy atom. The Bertz CT molecular complexity index is 596. The zero-order valence-electron chi connectivity index (χ0n) is 12.8. The third-order valence-corrected chi connectivity index (χ3v) is 4.13. The first kappa shape index (κ1) is 14.5. The molecule has 1 aliphatic rings. The van der Waals surface area contributed by atoms with Gasteiger partial charge in [-0.05, 0) is 44.1 Å². The second kappa shape index (κ2) is 6.56. The summed E-state index contributed by atoms with van der Waals surface area (Å²) < 4.78 is 2.28. The molecule has 21 heavy (non-hydrogen) atoms. The highest BCUT2D eigenvalue weighted by Crippen LogP contribution is 2.19. The summed E-state index contributed by atoms with van der Waals surface area (Å²) in [6, 6.07) is 6.48.